The molecule has 1 aliphatic rings. The normalized spacial score (nSPS) is 13.5. The summed E-state index contributed by atoms with van der Waals surface area (Å²) in [4.78, 5) is 30.0. The lowest BCUT2D eigenvalue weighted by Crippen LogP contribution is -2.26. The summed E-state index contributed by atoms with van der Waals surface area (Å²) in [6.07, 6.45) is 6.20. The number of nitrogens with one attached hydrogen (secondary N) is 1. The Bertz CT molecular complexity index is 950. The molecule has 1 aromatic heterocycles. The van der Waals surface area contributed by atoms with E-state index in [2.05, 4.69) is 12.2 Å². The number of unbranched alkanes of at least 4 members (excludes halogenated alkanes) is 2. The quantitative estimate of drug-likeness (QED) is 0.678. The predicted molar refractivity (Wildman–Crippen MR) is 115 cm³/mol. The summed E-state index contributed by atoms with van der Waals surface area (Å²) in [5.41, 5.74) is 3.64. The van der Waals surface area contributed by atoms with E-state index in [4.69, 9.17) is 16.6 Å². The highest BCUT2D eigenvalue weighted by molar-refractivity contribution is 6.33. The van der Waals surface area contributed by atoms with Crippen molar-refractivity contribution in [1.29, 1.82) is 0 Å². The first-order chi connectivity index (χ1) is 13.5. The Kier molecular flexibility index (Phi) is 6.55. The summed E-state index contributed by atoms with van der Waals surface area (Å²) in [7, 11) is 1.72. The Labute approximate surface area is 171 Å². The molecule has 0 radical (unpaired) electrons. The number of rotatable bonds is 7. The maximum absolute atomic E-state index is 13.0. The van der Waals surface area contributed by atoms with Crippen LogP contribution in [-0.4, -0.2) is 21.9 Å². The lowest BCUT2D eigenvalue weighted by molar-refractivity contribution is 0.0972. The van der Waals surface area contributed by atoms with Gasteiger partial charge in [-0.05, 0) is 43.4 Å². The van der Waals surface area contributed by atoms with Crippen molar-refractivity contribution in [3.63, 3.8) is 0 Å². The molecule has 0 saturated heterocycles. The van der Waals surface area contributed by atoms with Gasteiger partial charge in [-0.2, -0.15) is 0 Å². The molecule has 3 rings (SSSR count). The average molecular weight is 402 g/mol. The van der Waals surface area contributed by atoms with Crippen LogP contribution in [-0.2, 0) is 19.9 Å². The van der Waals surface area contributed by atoms with Gasteiger partial charge in [-0.3, -0.25) is 14.2 Å². The number of Topliss-reactive ketones (excluding diaryl/α,β-unsaturated/α-hetero) is 1. The summed E-state index contributed by atoms with van der Waals surface area (Å²) in [5.74, 6) is 0.684. The minimum Gasteiger partial charge on any atom is -0.379 e. The lowest BCUT2D eigenvalue weighted by atomic mass is 9.89. The summed E-state index contributed by atoms with van der Waals surface area (Å²) in [6.45, 7) is 4.91. The molecular weight excluding hydrogens is 374 g/mol. The largest absolute Gasteiger partial charge is 0.379 e. The number of anilines is 1. The van der Waals surface area contributed by atoms with Gasteiger partial charge in [0.1, 0.15) is 11.5 Å². The van der Waals surface area contributed by atoms with Crippen LogP contribution in [0.5, 0.6) is 0 Å². The van der Waals surface area contributed by atoms with Gasteiger partial charge in [0.2, 0.25) is 0 Å². The molecule has 0 unspecified atom stereocenters. The molecule has 0 spiro atoms. The van der Waals surface area contributed by atoms with Crippen molar-refractivity contribution >= 4 is 23.1 Å². The molecule has 1 N–H and O–H groups in total. The number of aromatic nitrogens is 2. The van der Waals surface area contributed by atoms with E-state index in [0.717, 1.165) is 49.9 Å². The van der Waals surface area contributed by atoms with Crippen molar-refractivity contribution in [2.75, 3.05) is 11.9 Å². The van der Waals surface area contributed by atoms with Gasteiger partial charge in [-0.25, -0.2) is 4.98 Å². The van der Waals surface area contributed by atoms with Gasteiger partial charge in [0.25, 0.3) is 5.56 Å². The Morgan fingerprint density at radius 1 is 1.14 bits per heavy atom. The number of carbonyl (C=O) groups excluding carboxylic acids is 1. The van der Waals surface area contributed by atoms with E-state index in [9.17, 15) is 9.59 Å². The molecule has 1 aromatic carbocycles. The molecule has 2 aromatic rings. The minimum absolute atomic E-state index is 0.0942. The molecule has 28 heavy (non-hydrogen) atoms. The van der Waals surface area contributed by atoms with E-state index < -0.39 is 0 Å². The SMILES string of the molecule is CCCCCNc1c(CC)nc(-c2cc3c(cc2Cl)C(=O)CCC3)n(C)c1=O. The molecule has 0 aliphatic heterocycles. The first-order valence-electron chi connectivity index (χ1n) is 10.2. The predicted octanol–water partition coefficient (Wildman–Crippen LogP) is 4.78. The minimum atomic E-state index is -0.0942. The van der Waals surface area contributed by atoms with Crippen LogP contribution in [0.4, 0.5) is 5.69 Å². The fraction of sp³-hybridized carbons (Fsp3) is 0.500. The highest BCUT2D eigenvalue weighted by Gasteiger charge is 2.22. The van der Waals surface area contributed by atoms with Crippen LogP contribution in [0.1, 0.15) is 67.6 Å². The topological polar surface area (TPSA) is 64.0 Å². The molecule has 0 amide bonds. The summed E-state index contributed by atoms with van der Waals surface area (Å²) < 4.78 is 1.56. The molecule has 1 aliphatic carbocycles. The average Bonchev–Trinajstić information content (AvgIpc) is 2.69. The Morgan fingerprint density at radius 2 is 1.93 bits per heavy atom. The van der Waals surface area contributed by atoms with Gasteiger partial charge in [-0.15, -0.1) is 0 Å². The van der Waals surface area contributed by atoms with Crippen LogP contribution < -0.4 is 10.9 Å². The van der Waals surface area contributed by atoms with Gasteiger partial charge < -0.3 is 5.32 Å². The number of nitrogens with zero attached hydrogens (tertiary/aromatic N) is 2. The number of ketones is 1. The number of aryl methyl sites for hydroxylation is 2. The maximum Gasteiger partial charge on any atom is 0.277 e. The molecule has 150 valence electrons. The van der Waals surface area contributed by atoms with Crippen molar-refractivity contribution in [3.8, 4) is 11.4 Å². The lowest BCUT2D eigenvalue weighted by Gasteiger charge is -2.19. The summed E-state index contributed by atoms with van der Waals surface area (Å²) in [5, 5.41) is 3.74. The third-order valence-corrected chi connectivity index (χ3v) is 5.68. The van der Waals surface area contributed by atoms with E-state index in [0.29, 0.717) is 40.5 Å². The van der Waals surface area contributed by atoms with Crippen LogP contribution in [0.3, 0.4) is 0 Å². The zero-order valence-corrected chi connectivity index (χ0v) is 17.7. The molecule has 0 bridgehead atoms. The second kappa shape index (κ2) is 8.91. The van der Waals surface area contributed by atoms with Crippen LogP contribution >= 0.6 is 11.6 Å². The van der Waals surface area contributed by atoms with Crippen LogP contribution in [0, 0.1) is 0 Å². The van der Waals surface area contributed by atoms with E-state index in [1.807, 2.05) is 13.0 Å². The van der Waals surface area contributed by atoms with Crippen LogP contribution in [0.2, 0.25) is 5.02 Å². The Morgan fingerprint density at radius 3 is 2.64 bits per heavy atom. The van der Waals surface area contributed by atoms with E-state index in [1.54, 1.807) is 17.7 Å². The first-order valence-corrected chi connectivity index (χ1v) is 10.5. The van der Waals surface area contributed by atoms with Crippen molar-refractivity contribution < 1.29 is 4.79 Å². The molecule has 5 nitrogen and oxygen atoms in total. The summed E-state index contributed by atoms with van der Waals surface area (Å²) in [6, 6.07) is 3.67. The molecule has 0 saturated carbocycles. The molecule has 6 heteroatoms. The van der Waals surface area contributed by atoms with Gasteiger partial charge in [0.15, 0.2) is 5.78 Å². The zero-order chi connectivity index (χ0) is 20.3. The number of hydrogen-bond donors (Lipinski definition) is 1. The summed E-state index contributed by atoms with van der Waals surface area (Å²) >= 11 is 6.52. The monoisotopic (exact) mass is 401 g/mol. The molecule has 1 heterocycles. The van der Waals surface area contributed by atoms with Gasteiger partial charge in [0.05, 0.1) is 10.7 Å². The number of hydrogen-bond acceptors (Lipinski definition) is 4. The van der Waals surface area contributed by atoms with E-state index in [1.165, 1.54) is 0 Å². The smallest absolute Gasteiger partial charge is 0.277 e. The van der Waals surface area contributed by atoms with Gasteiger partial charge >= 0.3 is 0 Å². The maximum atomic E-state index is 13.0. The van der Waals surface area contributed by atoms with Crippen molar-refractivity contribution in [2.24, 2.45) is 7.05 Å². The third-order valence-electron chi connectivity index (χ3n) is 5.37. The second-order valence-electron chi connectivity index (χ2n) is 7.37. The standard InChI is InChI=1S/C22H28ClN3O2/c1-4-6-7-11-24-20-18(5-2)25-21(26(3)22(20)28)16-12-14-9-8-10-19(27)15(14)13-17(16)23/h12-13,24H,4-11H2,1-3H3. The number of carbonyl (C=O) groups is 1. The molecule has 0 atom stereocenters. The zero-order valence-electron chi connectivity index (χ0n) is 16.9. The molecular formula is C22H28ClN3O2. The number of halogens is 1. The first kappa shape index (κ1) is 20.6. The fourth-order valence-electron chi connectivity index (χ4n) is 3.74. The molecule has 0 fully saturated rings. The van der Waals surface area contributed by atoms with Crippen molar-refractivity contribution in [2.45, 2.75) is 58.8 Å². The fourth-order valence-corrected chi connectivity index (χ4v) is 3.99. The Hall–Kier alpha value is -2.14. The van der Waals surface area contributed by atoms with Crippen molar-refractivity contribution in [3.05, 3.63) is 44.3 Å². The second-order valence-corrected chi connectivity index (χ2v) is 7.78. The van der Waals surface area contributed by atoms with E-state index >= 15 is 0 Å². The van der Waals surface area contributed by atoms with Gasteiger partial charge in [-0.1, -0.05) is 38.3 Å². The highest BCUT2D eigenvalue weighted by Crippen LogP contribution is 2.33. The van der Waals surface area contributed by atoms with E-state index in [-0.39, 0.29) is 11.3 Å². The van der Waals surface area contributed by atoms with Crippen molar-refractivity contribution in [1.82, 2.24) is 9.55 Å². The van der Waals surface area contributed by atoms with Crippen LogP contribution in [0.25, 0.3) is 11.4 Å². The van der Waals surface area contributed by atoms with Gasteiger partial charge in [0, 0.05) is 31.1 Å². The third kappa shape index (κ3) is 4.00. The number of fused-ring (bicyclic) bond motifs is 1. The number of benzene rings is 1. The Balaban J connectivity index is 2.05. The van der Waals surface area contributed by atoms with Crippen LogP contribution in [0.15, 0.2) is 16.9 Å². The highest BCUT2D eigenvalue weighted by atomic mass is 35.5.